The molecular formula is C10H12Cl3NO3. The van der Waals surface area contributed by atoms with Gasteiger partial charge in [-0.2, -0.15) is 0 Å². The van der Waals surface area contributed by atoms with Gasteiger partial charge in [0.25, 0.3) is 0 Å². The van der Waals surface area contributed by atoms with E-state index in [-0.39, 0.29) is 35.2 Å². The van der Waals surface area contributed by atoms with Crippen molar-refractivity contribution in [3.8, 4) is 5.75 Å². The Balaban J connectivity index is 0.00000256. The number of benzene rings is 1. The molecule has 1 aromatic rings. The van der Waals surface area contributed by atoms with Crippen LogP contribution in [0.15, 0.2) is 12.1 Å². The average molecular weight is 301 g/mol. The summed E-state index contributed by atoms with van der Waals surface area (Å²) in [7, 11) is 1.26. The highest BCUT2D eigenvalue weighted by atomic mass is 35.5. The zero-order valence-electron chi connectivity index (χ0n) is 8.94. The third kappa shape index (κ3) is 4.24. The Labute approximate surface area is 115 Å². The molecule has 0 amide bonds. The number of methoxy groups -OCH3 is 1. The van der Waals surface area contributed by atoms with Crippen molar-refractivity contribution in [2.75, 3.05) is 7.11 Å². The van der Waals surface area contributed by atoms with Crippen LogP contribution in [0, 0.1) is 0 Å². The summed E-state index contributed by atoms with van der Waals surface area (Å²) in [6.45, 7) is 0. The van der Waals surface area contributed by atoms with Crippen molar-refractivity contribution in [2.24, 2.45) is 5.73 Å². The van der Waals surface area contributed by atoms with Gasteiger partial charge >= 0.3 is 5.97 Å². The van der Waals surface area contributed by atoms with Crippen molar-refractivity contribution in [3.63, 3.8) is 0 Å². The summed E-state index contributed by atoms with van der Waals surface area (Å²) >= 11 is 11.6. The van der Waals surface area contributed by atoms with Gasteiger partial charge in [-0.3, -0.25) is 4.79 Å². The third-order valence-electron chi connectivity index (χ3n) is 2.06. The van der Waals surface area contributed by atoms with Gasteiger partial charge < -0.3 is 15.6 Å². The molecule has 0 aliphatic heterocycles. The molecule has 0 fully saturated rings. The van der Waals surface area contributed by atoms with Crippen LogP contribution in [0.2, 0.25) is 10.0 Å². The molecule has 0 aliphatic carbocycles. The molecule has 0 unspecified atom stereocenters. The molecule has 0 saturated carbocycles. The first kappa shape index (κ1) is 16.3. The molecule has 3 N–H and O–H groups in total. The molecular weight excluding hydrogens is 288 g/mol. The largest absolute Gasteiger partial charge is 0.508 e. The molecule has 1 aromatic carbocycles. The number of ether oxygens (including phenoxy) is 1. The van der Waals surface area contributed by atoms with Gasteiger partial charge in [0.2, 0.25) is 0 Å². The van der Waals surface area contributed by atoms with E-state index < -0.39 is 12.0 Å². The smallest absolute Gasteiger partial charge is 0.307 e. The van der Waals surface area contributed by atoms with Crippen molar-refractivity contribution in [1.29, 1.82) is 0 Å². The normalized spacial score (nSPS) is 11.5. The van der Waals surface area contributed by atoms with Crippen molar-refractivity contribution in [1.82, 2.24) is 0 Å². The lowest BCUT2D eigenvalue weighted by atomic mass is 10.0. The second-order valence-electron chi connectivity index (χ2n) is 3.21. The van der Waals surface area contributed by atoms with E-state index in [1.807, 2.05) is 0 Å². The zero-order chi connectivity index (χ0) is 12.3. The number of rotatable bonds is 3. The Morgan fingerprint density at radius 2 is 2.12 bits per heavy atom. The van der Waals surface area contributed by atoms with Crippen LogP contribution in [0.25, 0.3) is 0 Å². The quantitative estimate of drug-likeness (QED) is 0.842. The van der Waals surface area contributed by atoms with E-state index in [1.54, 1.807) is 0 Å². The predicted octanol–water partition coefficient (Wildman–Crippen LogP) is 2.68. The van der Waals surface area contributed by atoms with Gasteiger partial charge in [0.15, 0.2) is 0 Å². The summed E-state index contributed by atoms with van der Waals surface area (Å²) in [5, 5.41) is 10.2. The minimum absolute atomic E-state index is 0. The van der Waals surface area contributed by atoms with Crippen LogP contribution in [0.5, 0.6) is 5.75 Å². The Morgan fingerprint density at radius 3 is 2.59 bits per heavy atom. The number of hydrogen-bond donors (Lipinski definition) is 2. The summed E-state index contributed by atoms with van der Waals surface area (Å²) in [5.74, 6) is -0.605. The van der Waals surface area contributed by atoms with Crippen LogP contribution >= 0.6 is 35.6 Å². The summed E-state index contributed by atoms with van der Waals surface area (Å²) in [4.78, 5) is 11.0. The Morgan fingerprint density at radius 1 is 1.53 bits per heavy atom. The van der Waals surface area contributed by atoms with E-state index >= 15 is 0 Å². The van der Waals surface area contributed by atoms with Gasteiger partial charge in [0.1, 0.15) is 5.75 Å². The number of phenols is 1. The number of aromatic hydroxyl groups is 1. The van der Waals surface area contributed by atoms with Gasteiger partial charge in [0, 0.05) is 16.6 Å². The predicted molar refractivity (Wildman–Crippen MR) is 68.9 cm³/mol. The average Bonchev–Trinajstić information content (AvgIpc) is 2.15. The Hall–Kier alpha value is -0.680. The molecule has 0 aromatic heterocycles. The number of carbonyl (C=O) groups is 1. The third-order valence-corrected chi connectivity index (χ3v) is 2.59. The maximum atomic E-state index is 11.0. The minimum Gasteiger partial charge on any atom is -0.508 e. The van der Waals surface area contributed by atoms with Crippen molar-refractivity contribution in [3.05, 3.63) is 27.7 Å². The molecule has 0 aliphatic rings. The van der Waals surface area contributed by atoms with E-state index in [2.05, 4.69) is 4.74 Å². The molecule has 0 radical (unpaired) electrons. The van der Waals surface area contributed by atoms with E-state index in [0.29, 0.717) is 5.02 Å². The zero-order valence-corrected chi connectivity index (χ0v) is 11.3. The molecule has 4 nitrogen and oxygen atoms in total. The molecule has 0 heterocycles. The minimum atomic E-state index is -0.725. The summed E-state index contributed by atoms with van der Waals surface area (Å²) in [6, 6.07) is 2.05. The fourth-order valence-electron chi connectivity index (χ4n) is 1.30. The lowest BCUT2D eigenvalue weighted by Crippen LogP contribution is -2.16. The number of hydrogen-bond acceptors (Lipinski definition) is 4. The van der Waals surface area contributed by atoms with Crippen LogP contribution in [0.3, 0.4) is 0 Å². The van der Waals surface area contributed by atoms with Crippen molar-refractivity contribution >= 4 is 41.6 Å². The first-order valence-electron chi connectivity index (χ1n) is 4.46. The lowest BCUT2D eigenvalue weighted by Gasteiger charge is -2.14. The molecule has 96 valence electrons. The van der Waals surface area contributed by atoms with Crippen molar-refractivity contribution < 1.29 is 14.6 Å². The van der Waals surface area contributed by atoms with Gasteiger partial charge in [-0.1, -0.05) is 23.2 Å². The van der Waals surface area contributed by atoms with E-state index in [0.717, 1.165) is 0 Å². The first-order chi connectivity index (χ1) is 7.45. The topological polar surface area (TPSA) is 72.5 Å². The van der Waals surface area contributed by atoms with Crippen LogP contribution in [-0.4, -0.2) is 18.2 Å². The molecule has 1 rings (SSSR count). The number of nitrogens with two attached hydrogens (primary N) is 1. The fraction of sp³-hybridized carbons (Fsp3) is 0.300. The maximum Gasteiger partial charge on any atom is 0.307 e. The van der Waals surface area contributed by atoms with Gasteiger partial charge in [-0.25, -0.2) is 0 Å². The molecule has 0 saturated heterocycles. The molecule has 0 spiro atoms. The summed E-state index contributed by atoms with van der Waals surface area (Å²) < 4.78 is 4.48. The summed E-state index contributed by atoms with van der Waals surface area (Å²) in [5.41, 5.74) is 6.02. The van der Waals surface area contributed by atoms with Crippen LogP contribution in [-0.2, 0) is 9.53 Å². The lowest BCUT2D eigenvalue weighted by molar-refractivity contribution is -0.141. The van der Waals surface area contributed by atoms with Gasteiger partial charge in [-0.05, 0) is 12.1 Å². The van der Waals surface area contributed by atoms with Crippen molar-refractivity contribution in [2.45, 2.75) is 12.5 Å². The SMILES string of the molecule is COC(=O)C[C@H](N)c1c(O)cc(Cl)cc1Cl.Cl. The highest BCUT2D eigenvalue weighted by Gasteiger charge is 2.19. The van der Waals surface area contributed by atoms with Crippen LogP contribution < -0.4 is 5.73 Å². The Bertz CT molecular complexity index is 389. The maximum absolute atomic E-state index is 11.0. The summed E-state index contributed by atoms with van der Waals surface area (Å²) in [6.07, 6.45) is -0.0641. The second-order valence-corrected chi connectivity index (χ2v) is 4.05. The first-order valence-corrected chi connectivity index (χ1v) is 5.21. The van der Waals surface area contributed by atoms with Gasteiger partial charge in [-0.15, -0.1) is 12.4 Å². The van der Waals surface area contributed by atoms with Gasteiger partial charge in [0.05, 0.1) is 18.6 Å². The number of carbonyl (C=O) groups excluding carboxylic acids is 1. The fourth-order valence-corrected chi connectivity index (χ4v) is 1.93. The molecule has 1 atom stereocenters. The molecule has 0 bridgehead atoms. The highest BCUT2D eigenvalue weighted by Crippen LogP contribution is 2.34. The standard InChI is InChI=1S/C10H11Cl2NO3.ClH/c1-16-9(15)4-7(13)10-6(12)2-5(11)3-8(10)14;/h2-3,7,14H,4,13H2,1H3;1H/t7-;/m0./s1. The van der Waals surface area contributed by atoms with E-state index in [4.69, 9.17) is 28.9 Å². The second kappa shape index (κ2) is 6.91. The van der Waals surface area contributed by atoms with Crippen LogP contribution in [0.1, 0.15) is 18.0 Å². The van der Waals surface area contributed by atoms with E-state index in [9.17, 15) is 9.90 Å². The highest BCUT2D eigenvalue weighted by molar-refractivity contribution is 6.35. The Kier molecular flexibility index (Phi) is 6.64. The molecule has 7 heteroatoms. The number of halogens is 3. The number of esters is 1. The van der Waals surface area contributed by atoms with E-state index in [1.165, 1.54) is 19.2 Å². The van der Waals surface area contributed by atoms with Crippen LogP contribution in [0.4, 0.5) is 0 Å². The number of phenolic OH excluding ortho intramolecular Hbond substituents is 1. The molecule has 17 heavy (non-hydrogen) atoms. The monoisotopic (exact) mass is 299 g/mol.